The van der Waals surface area contributed by atoms with Crippen LogP contribution < -0.4 is 4.74 Å². The fourth-order valence-electron chi connectivity index (χ4n) is 1.26. The lowest BCUT2D eigenvalue weighted by Gasteiger charge is -2.05. The summed E-state index contributed by atoms with van der Waals surface area (Å²) in [4.78, 5) is 10.7. The number of hydrogen-bond acceptors (Lipinski definition) is 5. The molecule has 0 radical (unpaired) electrons. The Bertz CT molecular complexity index is 582. The summed E-state index contributed by atoms with van der Waals surface area (Å²) in [6, 6.07) is -0.829. The third-order valence-electron chi connectivity index (χ3n) is 2.09. The zero-order valence-corrected chi connectivity index (χ0v) is 9.72. The Morgan fingerprint density at radius 3 is 3.05 bits per heavy atom. The van der Waals surface area contributed by atoms with E-state index in [1.54, 1.807) is 6.08 Å². The molecule has 1 aromatic heterocycles. The molecule has 0 N–H and O–H groups in total. The molecule has 19 heavy (non-hydrogen) atoms. The van der Waals surface area contributed by atoms with Crippen molar-refractivity contribution in [3.05, 3.63) is 48.1 Å². The molecule has 1 aliphatic rings. The molecule has 7 heteroatoms. The maximum Gasteiger partial charge on any atom is 0.318 e. The van der Waals surface area contributed by atoms with Crippen molar-refractivity contribution in [2.75, 3.05) is 6.61 Å². The van der Waals surface area contributed by atoms with Crippen molar-refractivity contribution in [2.45, 2.75) is 0 Å². The van der Waals surface area contributed by atoms with Crippen LogP contribution in [-0.4, -0.2) is 23.3 Å². The van der Waals surface area contributed by atoms with E-state index in [2.05, 4.69) is 26.4 Å². The summed E-state index contributed by atoms with van der Waals surface area (Å²) in [7, 11) is 0. The van der Waals surface area contributed by atoms with E-state index in [1.165, 1.54) is 12.3 Å². The standard InChI is InChI=1S/C12H9F2N3O2/c1-15-11-9(13)6-16-12(17-11)19-7-8-3-2-4-18-10(14)5-8/h2-6H,1,7H2. The lowest BCUT2D eigenvalue weighted by atomic mass is 10.2. The minimum absolute atomic E-state index is 0.00331. The van der Waals surface area contributed by atoms with E-state index in [9.17, 15) is 8.78 Å². The van der Waals surface area contributed by atoms with Crippen LogP contribution in [0.25, 0.3) is 0 Å². The van der Waals surface area contributed by atoms with Gasteiger partial charge in [-0.1, -0.05) is 6.08 Å². The van der Waals surface area contributed by atoms with Crippen LogP contribution in [0.15, 0.2) is 47.3 Å². The molecule has 0 spiro atoms. The van der Waals surface area contributed by atoms with Gasteiger partial charge in [0.25, 0.3) is 6.01 Å². The first-order valence-corrected chi connectivity index (χ1v) is 5.20. The average molecular weight is 265 g/mol. The molecule has 1 aliphatic heterocycles. The second-order valence-electron chi connectivity index (χ2n) is 3.41. The van der Waals surface area contributed by atoms with E-state index in [1.807, 2.05) is 0 Å². The summed E-state index contributed by atoms with van der Waals surface area (Å²) in [6.07, 6.45) is 6.41. The Hall–Kier alpha value is -2.57. The van der Waals surface area contributed by atoms with Crippen molar-refractivity contribution in [1.29, 1.82) is 0 Å². The van der Waals surface area contributed by atoms with Crippen LogP contribution in [0, 0.1) is 5.82 Å². The lowest BCUT2D eigenvalue weighted by molar-refractivity contribution is 0.246. The Labute approximate surface area is 107 Å². The monoisotopic (exact) mass is 265 g/mol. The molecule has 0 aromatic carbocycles. The van der Waals surface area contributed by atoms with Crippen LogP contribution in [-0.2, 0) is 4.74 Å². The van der Waals surface area contributed by atoms with Crippen LogP contribution in [0.3, 0.4) is 0 Å². The van der Waals surface area contributed by atoms with Gasteiger partial charge in [0.15, 0.2) is 11.6 Å². The maximum atomic E-state index is 13.1. The van der Waals surface area contributed by atoms with E-state index >= 15 is 0 Å². The van der Waals surface area contributed by atoms with Crippen LogP contribution in [0.1, 0.15) is 0 Å². The second-order valence-corrected chi connectivity index (χ2v) is 3.41. The van der Waals surface area contributed by atoms with Gasteiger partial charge in [-0.2, -0.15) is 9.37 Å². The third kappa shape index (κ3) is 3.44. The van der Waals surface area contributed by atoms with E-state index in [4.69, 9.17) is 4.74 Å². The van der Waals surface area contributed by atoms with Crippen molar-refractivity contribution in [1.82, 2.24) is 9.97 Å². The van der Waals surface area contributed by atoms with Gasteiger partial charge in [0.2, 0.25) is 0 Å². The number of ether oxygens (including phenoxy) is 2. The molecule has 98 valence electrons. The number of aromatic nitrogens is 2. The number of rotatable bonds is 4. The summed E-state index contributed by atoms with van der Waals surface area (Å²) >= 11 is 0. The maximum absolute atomic E-state index is 13.1. The van der Waals surface area contributed by atoms with E-state index in [-0.39, 0.29) is 18.4 Å². The van der Waals surface area contributed by atoms with Gasteiger partial charge in [0.1, 0.15) is 6.61 Å². The molecule has 2 rings (SSSR count). The summed E-state index contributed by atoms with van der Waals surface area (Å²) in [5, 5.41) is 0. The first kappa shape index (κ1) is 12.9. The molecule has 0 aliphatic carbocycles. The van der Waals surface area contributed by atoms with Crippen molar-refractivity contribution in [2.24, 2.45) is 4.99 Å². The van der Waals surface area contributed by atoms with E-state index in [0.717, 1.165) is 12.3 Å². The Morgan fingerprint density at radius 2 is 2.26 bits per heavy atom. The topological polar surface area (TPSA) is 56.6 Å². The Morgan fingerprint density at radius 1 is 1.42 bits per heavy atom. The molecule has 0 atom stereocenters. The molecule has 0 saturated heterocycles. The lowest BCUT2D eigenvalue weighted by Crippen LogP contribution is -2.03. The number of nitrogens with zero attached hydrogens (tertiary/aromatic N) is 3. The summed E-state index contributed by atoms with van der Waals surface area (Å²) in [5.74, 6) is -0.900. The SMILES string of the molecule is C=Nc1nc(OCC2=CC=COC(F)=C2)ncc1F. The molecular weight excluding hydrogens is 256 g/mol. The third-order valence-corrected chi connectivity index (χ3v) is 2.09. The van der Waals surface area contributed by atoms with Gasteiger partial charge in [-0.15, -0.1) is 0 Å². The zero-order valence-electron chi connectivity index (χ0n) is 9.72. The number of allylic oxidation sites excluding steroid dienone is 2. The Kier molecular flexibility index (Phi) is 3.97. The number of hydrogen-bond donors (Lipinski definition) is 0. The molecule has 0 saturated carbocycles. The van der Waals surface area contributed by atoms with Crippen molar-refractivity contribution in [3.8, 4) is 6.01 Å². The van der Waals surface area contributed by atoms with Crippen LogP contribution in [0.2, 0.25) is 0 Å². The number of aliphatic imine (C=N–C) groups is 1. The first-order valence-electron chi connectivity index (χ1n) is 5.20. The van der Waals surface area contributed by atoms with E-state index < -0.39 is 11.8 Å². The minimum atomic E-state index is -0.753. The molecule has 5 nitrogen and oxygen atoms in total. The summed E-state index contributed by atoms with van der Waals surface area (Å²) < 4.78 is 35.8. The molecular formula is C12H9F2N3O2. The second kappa shape index (κ2) is 5.85. The summed E-state index contributed by atoms with van der Waals surface area (Å²) in [5.41, 5.74) is 0.507. The predicted octanol–water partition coefficient (Wildman–Crippen LogP) is 2.61. The van der Waals surface area contributed by atoms with Crippen molar-refractivity contribution < 1.29 is 18.3 Å². The minimum Gasteiger partial charge on any atom is -0.459 e. The van der Waals surface area contributed by atoms with Crippen LogP contribution in [0.5, 0.6) is 6.01 Å². The van der Waals surface area contributed by atoms with Crippen molar-refractivity contribution in [3.63, 3.8) is 0 Å². The van der Waals surface area contributed by atoms with Crippen LogP contribution >= 0.6 is 0 Å². The molecule has 2 heterocycles. The predicted molar refractivity (Wildman–Crippen MR) is 64.2 cm³/mol. The fraction of sp³-hybridized carbons (Fsp3) is 0.0833. The molecule has 0 amide bonds. The molecule has 0 bridgehead atoms. The normalized spacial score (nSPS) is 14.0. The van der Waals surface area contributed by atoms with Gasteiger partial charge < -0.3 is 9.47 Å². The highest BCUT2D eigenvalue weighted by Gasteiger charge is 2.07. The van der Waals surface area contributed by atoms with Gasteiger partial charge in [-0.25, -0.2) is 14.4 Å². The van der Waals surface area contributed by atoms with Gasteiger partial charge in [-0.05, 0) is 18.4 Å². The van der Waals surface area contributed by atoms with Gasteiger partial charge in [0, 0.05) is 6.08 Å². The first-order chi connectivity index (χ1) is 9.19. The Balaban J connectivity index is 2.06. The largest absolute Gasteiger partial charge is 0.459 e. The van der Waals surface area contributed by atoms with Crippen molar-refractivity contribution >= 4 is 12.5 Å². The summed E-state index contributed by atoms with van der Waals surface area (Å²) in [6.45, 7) is 3.18. The molecule has 0 unspecified atom stereocenters. The average Bonchev–Trinajstić information content (AvgIpc) is 2.62. The smallest absolute Gasteiger partial charge is 0.318 e. The van der Waals surface area contributed by atoms with Gasteiger partial charge >= 0.3 is 6.01 Å². The van der Waals surface area contributed by atoms with Gasteiger partial charge in [0.05, 0.1) is 12.5 Å². The highest BCUT2D eigenvalue weighted by Crippen LogP contribution is 2.17. The fourth-order valence-corrected chi connectivity index (χ4v) is 1.26. The van der Waals surface area contributed by atoms with Crippen LogP contribution in [0.4, 0.5) is 14.6 Å². The highest BCUT2D eigenvalue weighted by molar-refractivity contribution is 5.40. The number of halogens is 2. The molecule has 1 aromatic rings. The highest BCUT2D eigenvalue weighted by atomic mass is 19.1. The zero-order chi connectivity index (χ0) is 13.7. The van der Waals surface area contributed by atoms with Gasteiger partial charge in [-0.3, -0.25) is 0 Å². The van der Waals surface area contributed by atoms with E-state index in [0.29, 0.717) is 5.57 Å². The molecule has 0 fully saturated rings. The quantitative estimate of drug-likeness (QED) is 0.785.